The zero-order valence-corrected chi connectivity index (χ0v) is 16.1. The van der Waals surface area contributed by atoms with Gasteiger partial charge in [-0.05, 0) is 48.2 Å². The second-order valence-electron chi connectivity index (χ2n) is 7.37. The minimum Gasteiger partial charge on any atom is -0.491 e. The summed E-state index contributed by atoms with van der Waals surface area (Å²) >= 11 is 0. The van der Waals surface area contributed by atoms with Gasteiger partial charge in [-0.15, -0.1) is 0 Å². The number of nitrogens with zero attached hydrogens (tertiary/aromatic N) is 2. The highest BCUT2D eigenvalue weighted by Crippen LogP contribution is 2.24. The third kappa shape index (κ3) is 3.88. The van der Waals surface area contributed by atoms with Crippen LogP contribution >= 0.6 is 0 Å². The van der Waals surface area contributed by atoms with Crippen LogP contribution in [0, 0.1) is 0 Å². The molecule has 0 radical (unpaired) electrons. The number of amides is 1. The molecule has 1 aromatic heterocycles. The summed E-state index contributed by atoms with van der Waals surface area (Å²) < 4.78 is 5.76. The zero-order chi connectivity index (χ0) is 19.5. The first-order valence-corrected chi connectivity index (χ1v) is 9.56. The van der Waals surface area contributed by atoms with E-state index in [1.165, 1.54) is 0 Å². The highest BCUT2D eigenvalue weighted by Gasteiger charge is 2.21. The van der Waals surface area contributed by atoms with Crippen molar-refractivity contribution < 1.29 is 9.53 Å². The maximum Gasteiger partial charge on any atom is 0.251 e. The number of rotatable bonds is 4. The molecule has 1 aliphatic heterocycles. The smallest absolute Gasteiger partial charge is 0.251 e. The van der Waals surface area contributed by atoms with Crippen LogP contribution in [0.3, 0.4) is 0 Å². The van der Waals surface area contributed by atoms with Crippen LogP contribution in [0.15, 0.2) is 60.7 Å². The van der Waals surface area contributed by atoms with Crippen molar-refractivity contribution in [1.29, 1.82) is 0 Å². The van der Waals surface area contributed by atoms with Crippen molar-refractivity contribution in [3.8, 4) is 17.0 Å². The molecule has 2 heterocycles. The van der Waals surface area contributed by atoms with Crippen molar-refractivity contribution in [2.24, 2.45) is 0 Å². The van der Waals surface area contributed by atoms with Crippen LogP contribution < -0.4 is 10.1 Å². The standard InChI is InChI=1S/C23H23N3O2/c1-15(2)20-10-11-21(26-25-20)16-7-5-8-18(12-16)23(27)24-19-13-17-6-3-4-9-22(17)28-14-19/h3-12,15,19H,13-14H2,1-2H3,(H,24,27)/t19-/m0/s1. The monoisotopic (exact) mass is 373 g/mol. The molecule has 1 amide bonds. The molecule has 5 nitrogen and oxygen atoms in total. The summed E-state index contributed by atoms with van der Waals surface area (Å²) in [7, 11) is 0. The van der Waals surface area contributed by atoms with E-state index in [4.69, 9.17) is 4.74 Å². The van der Waals surface area contributed by atoms with E-state index in [2.05, 4.69) is 29.4 Å². The zero-order valence-electron chi connectivity index (χ0n) is 16.1. The Kier molecular flexibility index (Phi) is 5.06. The van der Waals surface area contributed by atoms with E-state index in [0.717, 1.165) is 34.7 Å². The Morgan fingerprint density at radius 2 is 1.93 bits per heavy atom. The fraction of sp³-hybridized carbons (Fsp3) is 0.261. The van der Waals surface area contributed by atoms with Crippen LogP contribution in [-0.2, 0) is 6.42 Å². The molecule has 28 heavy (non-hydrogen) atoms. The topological polar surface area (TPSA) is 64.1 Å². The number of hydrogen-bond donors (Lipinski definition) is 1. The molecule has 0 bridgehead atoms. The van der Waals surface area contributed by atoms with E-state index in [1.54, 1.807) is 0 Å². The van der Waals surface area contributed by atoms with Crippen LogP contribution in [0.4, 0.5) is 0 Å². The number of benzene rings is 2. The predicted molar refractivity (Wildman–Crippen MR) is 108 cm³/mol. The van der Waals surface area contributed by atoms with E-state index in [1.807, 2.05) is 60.7 Å². The predicted octanol–water partition coefficient (Wildman–Crippen LogP) is 4.00. The summed E-state index contributed by atoms with van der Waals surface area (Å²) in [6, 6.07) is 19.3. The van der Waals surface area contributed by atoms with Gasteiger partial charge < -0.3 is 10.1 Å². The lowest BCUT2D eigenvalue weighted by molar-refractivity contribution is 0.0915. The van der Waals surface area contributed by atoms with E-state index in [9.17, 15) is 4.79 Å². The molecule has 2 aromatic carbocycles. The van der Waals surface area contributed by atoms with Gasteiger partial charge in [-0.25, -0.2) is 0 Å². The molecule has 1 N–H and O–H groups in total. The number of carbonyl (C=O) groups excluding carboxylic acids is 1. The molecular formula is C23H23N3O2. The lowest BCUT2D eigenvalue weighted by Gasteiger charge is -2.26. The van der Waals surface area contributed by atoms with Crippen molar-refractivity contribution in [2.75, 3.05) is 6.61 Å². The van der Waals surface area contributed by atoms with Gasteiger partial charge in [-0.3, -0.25) is 4.79 Å². The summed E-state index contributed by atoms with van der Waals surface area (Å²) in [5.74, 6) is 1.13. The molecule has 4 rings (SSSR count). The summed E-state index contributed by atoms with van der Waals surface area (Å²) in [5, 5.41) is 11.7. The molecule has 0 saturated heterocycles. The van der Waals surface area contributed by atoms with Gasteiger partial charge in [0.05, 0.1) is 17.4 Å². The summed E-state index contributed by atoms with van der Waals surface area (Å²) in [6.45, 7) is 4.65. The third-order valence-corrected chi connectivity index (χ3v) is 4.91. The lowest BCUT2D eigenvalue weighted by Crippen LogP contribution is -2.42. The highest BCUT2D eigenvalue weighted by atomic mass is 16.5. The van der Waals surface area contributed by atoms with Gasteiger partial charge in [0.2, 0.25) is 0 Å². The minimum absolute atomic E-state index is 0.0452. The summed E-state index contributed by atoms with van der Waals surface area (Å²) in [5.41, 5.74) is 4.31. The molecule has 0 saturated carbocycles. The number of nitrogens with one attached hydrogen (secondary N) is 1. The Morgan fingerprint density at radius 1 is 1.07 bits per heavy atom. The van der Waals surface area contributed by atoms with Crippen LogP contribution in [0.25, 0.3) is 11.3 Å². The molecule has 0 unspecified atom stereocenters. The third-order valence-electron chi connectivity index (χ3n) is 4.91. The van der Waals surface area contributed by atoms with Gasteiger partial charge in [0.15, 0.2) is 0 Å². The van der Waals surface area contributed by atoms with Gasteiger partial charge in [0.1, 0.15) is 12.4 Å². The SMILES string of the molecule is CC(C)c1ccc(-c2cccc(C(=O)N[C@@H]3COc4ccccc4C3)c2)nn1. The maximum atomic E-state index is 12.7. The number of fused-ring (bicyclic) bond motifs is 1. The number of carbonyl (C=O) groups is 1. The van der Waals surface area contributed by atoms with Gasteiger partial charge in [-0.1, -0.05) is 44.2 Å². The highest BCUT2D eigenvalue weighted by molar-refractivity contribution is 5.95. The number of ether oxygens (including phenoxy) is 1. The average Bonchev–Trinajstić information content (AvgIpc) is 2.74. The second-order valence-corrected chi connectivity index (χ2v) is 7.37. The minimum atomic E-state index is -0.110. The Morgan fingerprint density at radius 3 is 2.71 bits per heavy atom. The fourth-order valence-electron chi connectivity index (χ4n) is 3.31. The number of para-hydroxylation sites is 1. The van der Waals surface area contributed by atoms with Crippen LogP contribution in [-0.4, -0.2) is 28.8 Å². The second kappa shape index (κ2) is 7.80. The lowest BCUT2D eigenvalue weighted by atomic mass is 10.0. The first kappa shape index (κ1) is 18.2. The molecule has 142 valence electrons. The van der Waals surface area contributed by atoms with Gasteiger partial charge in [0.25, 0.3) is 5.91 Å². The van der Waals surface area contributed by atoms with Crippen LogP contribution in [0.5, 0.6) is 5.75 Å². The largest absolute Gasteiger partial charge is 0.491 e. The normalized spacial score (nSPS) is 15.6. The Bertz CT molecular complexity index is 983. The van der Waals surface area contributed by atoms with Crippen molar-refractivity contribution in [1.82, 2.24) is 15.5 Å². The van der Waals surface area contributed by atoms with Crippen molar-refractivity contribution in [3.63, 3.8) is 0 Å². The molecule has 1 aliphatic rings. The summed E-state index contributed by atoms with van der Waals surface area (Å²) in [6.07, 6.45) is 0.768. The van der Waals surface area contributed by atoms with E-state index >= 15 is 0 Å². The molecule has 0 aliphatic carbocycles. The first-order valence-electron chi connectivity index (χ1n) is 9.56. The molecule has 1 atom stereocenters. The fourth-order valence-corrected chi connectivity index (χ4v) is 3.31. The van der Waals surface area contributed by atoms with Gasteiger partial charge in [-0.2, -0.15) is 10.2 Å². The molecule has 0 fully saturated rings. The van der Waals surface area contributed by atoms with E-state index in [-0.39, 0.29) is 11.9 Å². The van der Waals surface area contributed by atoms with Crippen LogP contribution in [0.1, 0.15) is 41.4 Å². The first-order chi connectivity index (χ1) is 13.6. The van der Waals surface area contributed by atoms with Gasteiger partial charge in [0, 0.05) is 11.1 Å². The Hall–Kier alpha value is -3.21. The van der Waals surface area contributed by atoms with E-state index < -0.39 is 0 Å². The molecular weight excluding hydrogens is 350 g/mol. The summed E-state index contributed by atoms with van der Waals surface area (Å²) in [4.78, 5) is 12.7. The Labute approximate surface area is 164 Å². The Balaban J connectivity index is 1.47. The number of aromatic nitrogens is 2. The van der Waals surface area contributed by atoms with Crippen molar-refractivity contribution in [2.45, 2.75) is 32.2 Å². The van der Waals surface area contributed by atoms with Gasteiger partial charge >= 0.3 is 0 Å². The molecule has 3 aromatic rings. The maximum absolute atomic E-state index is 12.7. The quantitative estimate of drug-likeness (QED) is 0.751. The molecule has 0 spiro atoms. The molecule has 5 heteroatoms. The van der Waals surface area contributed by atoms with Crippen LogP contribution in [0.2, 0.25) is 0 Å². The number of hydrogen-bond acceptors (Lipinski definition) is 4. The van der Waals surface area contributed by atoms with Crippen molar-refractivity contribution in [3.05, 3.63) is 77.5 Å². The average molecular weight is 373 g/mol. The van der Waals surface area contributed by atoms with Crippen molar-refractivity contribution >= 4 is 5.91 Å². The van der Waals surface area contributed by atoms with E-state index in [0.29, 0.717) is 18.1 Å².